The van der Waals surface area contributed by atoms with Gasteiger partial charge in [-0.25, -0.2) is 0 Å². The van der Waals surface area contributed by atoms with E-state index in [-0.39, 0.29) is 11.6 Å². The molecular formula is C15H18N4O3. The molecule has 1 saturated heterocycles. The van der Waals surface area contributed by atoms with E-state index in [1.165, 1.54) is 12.1 Å². The Balaban J connectivity index is 2.10. The molecule has 0 bridgehead atoms. The molecule has 0 spiro atoms. The largest absolute Gasteiger partial charge is 0.367 e. The predicted octanol–water partition coefficient (Wildman–Crippen LogP) is 1.92. The molecule has 22 heavy (non-hydrogen) atoms. The maximum atomic E-state index is 11.9. The quantitative estimate of drug-likeness (QED) is 0.626. The Hall–Kier alpha value is -2.62. The van der Waals surface area contributed by atoms with E-state index in [0.29, 0.717) is 43.9 Å². The molecule has 1 amide bonds. The number of non-ortho nitro benzene ring substituents is 1. The van der Waals surface area contributed by atoms with Crippen LogP contribution in [0.25, 0.3) is 0 Å². The summed E-state index contributed by atoms with van der Waals surface area (Å²) in [5.74, 6) is 0.159. The topological polar surface area (TPSA) is 90.5 Å². The number of nitro groups is 1. The lowest BCUT2D eigenvalue weighted by Crippen LogP contribution is -2.48. The van der Waals surface area contributed by atoms with Gasteiger partial charge in [-0.05, 0) is 12.5 Å². The lowest BCUT2D eigenvalue weighted by atomic mass is 10.1. The Bertz CT molecular complexity index is 616. The molecule has 0 atom stereocenters. The van der Waals surface area contributed by atoms with Crippen molar-refractivity contribution in [2.75, 3.05) is 31.1 Å². The van der Waals surface area contributed by atoms with E-state index >= 15 is 0 Å². The Labute approximate surface area is 128 Å². The molecule has 1 aromatic carbocycles. The van der Waals surface area contributed by atoms with Gasteiger partial charge >= 0.3 is 0 Å². The first-order chi connectivity index (χ1) is 10.6. The monoisotopic (exact) mass is 302 g/mol. The van der Waals surface area contributed by atoms with Crippen molar-refractivity contribution in [3.8, 4) is 6.07 Å². The summed E-state index contributed by atoms with van der Waals surface area (Å²) >= 11 is 0. The lowest BCUT2D eigenvalue weighted by molar-refractivity contribution is -0.384. The molecule has 1 aliphatic rings. The minimum atomic E-state index is -0.508. The van der Waals surface area contributed by atoms with E-state index in [9.17, 15) is 20.2 Å². The van der Waals surface area contributed by atoms with Crippen molar-refractivity contribution in [2.24, 2.45) is 0 Å². The Morgan fingerprint density at radius 2 is 2.05 bits per heavy atom. The number of hydrogen-bond acceptors (Lipinski definition) is 5. The summed E-state index contributed by atoms with van der Waals surface area (Å²) in [5, 5.41) is 20.0. The number of hydrogen-bond donors (Lipinski definition) is 0. The maximum absolute atomic E-state index is 11.9. The van der Waals surface area contributed by atoms with Crippen LogP contribution in [-0.4, -0.2) is 41.9 Å². The summed E-state index contributed by atoms with van der Waals surface area (Å²) in [7, 11) is 0. The van der Waals surface area contributed by atoms with Gasteiger partial charge in [-0.2, -0.15) is 5.26 Å². The van der Waals surface area contributed by atoms with Crippen LogP contribution in [0.3, 0.4) is 0 Å². The fourth-order valence-corrected chi connectivity index (χ4v) is 2.57. The average Bonchev–Trinajstić information content (AvgIpc) is 2.54. The molecule has 2 rings (SSSR count). The fraction of sp³-hybridized carbons (Fsp3) is 0.467. The van der Waals surface area contributed by atoms with Crippen molar-refractivity contribution in [1.29, 1.82) is 5.26 Å². The predicted molar refractivity (Wildman–Crippen MR) is 81.5 cm³/mol. The van der Waals surface area contributed by atoms with Crippen LogP contribution in [0.5, 0.6) is 0 Å². The highest BCUT2D eigenvalue weighted by Crippen LogP contribution is 2.26. The van der Waals surface area contributed by atoms with Crippen molar-refractivity contribution in [3.05, 3.63) is 33.9 Å². The zero-order chi connectivity index (χ0) is 16.1. The van der Waals surface area contributed by atoms with E-state index in [0.717, 1.165) is 6.42 Å². The second-order valence-electron chi connectivity index (χ2n) is 5.19. The molecular weight excluding hydrogens is 284 g/mol. The van der Waals surface area contributed by atoms with Gasteiger partial charge in [0.15, 0.2) is 0 Å². The summed E-state index contributed by atoms with van der Waals surface area (Å²) in [6.07, 6.45) is 1.39. The molecule has 1 aromatic rings. The number of nitrogens with zero attached hydrogens (tertiary/aromatic N) is 4. The van der Waals surface area contributed by atoms with E-state index in [1.54, 1.807) is 6.07 Å². The first-order valence-corrected chi connectivity index (χ1v) is 7.28. The number of nitro benzene ring substituents is 1. The van der Waals surface area contributed by atoms with Crippen molar-refractivity contribution in [2.45, 2.75) is 19.8 Å². The first-order valence-electron chi connectivity index (χ1n) is 7.28. The molecule has 1 aliphatic heterocycles. The molecule has 0 aliphatic carbocycles. The molecule has 0 saturated carbocycles. The third-order valence-electron chi connectivity index (χ3n) is 3.75. The smallest absolute Gasteiger partial charge is 0.270 e. The number of carbonyl (C=O) groups excluding carboxylic acids is 1. The van der Waals surface area contributed by atoms with Crippen molar-refractivity contribution < 1.29 is 9.72 Å². The SMILES string of the molecule is CCCC(=O)N1CCN(c2ccc([N+](=O)[O-])cc2C#N)CC1. The third-order valence-corrected chi connectivity index (χ3v) is 3.75. The van der Waals surface area contributed by atoms with Gasteiger partial charge in [0.2, 0.25) is 5.91 Å². The second kappa shape index (κ2) is 6.89. The summed E-state index contributed by atoms with van der Waals surface area (Å²) in [5.41, 5.74) is 0.898. The number of amides is 1. The van der Waals surface area contributed by atoms with E-state index in [2.05, 4.69) is 0 Å². The van der Waals surface area contributed by atoms with E-state index in [1.807, 2.05) is 22.8 Å². The van der Waals surface area contributed by atoms with Crippen LogP contribution in [0.1, 0.15) is 25.3 Å². The van der Waals surface area contributed by atoms with E-state index in [4.69, 9.17) is 0 Å². The minimum absolute atomic E-state index is 0.0861. The van der Waals surface area contributed by atoms with Gasteiger partial charge in [-0.15, -0.1) is 0 Å². The molecule has 7 nitrogen and oxygen atoms in total. The zero-order valence-electron chi connectivity index (χ0n) is 12.5. The van der Waals surface area contributed by atoms with Crippen LogP contribution in [-0.2, 0) is 4.79 Å². The normalized spacial score (nSPS) is 14.5. The Morgan fingerprint density at radius 1 is 1.36 bits per heavy atom. The van der Waals surface area contributed by atoms with Crippen molar-refractivity contribution in [1.82, 2.24) is 4.90 Å². The highest BCUT2D eigenvalue weighted by atomic mass is 16.6. The molecule has 0 unspecified atom stereocenters. The number of rotatable bonds is 4. The van der Waals surface area contributed by atoms with Crippen molar-refractivity contribution in [3.63, 3.8) is 0 Å². The summed E-state index contributed by atoms with van der Waals surface area (Å²) in [6, 6.07) is 6.33. The molecule has 1 fully saturated rings. The van der Waals surface area contributed by atoms with E-state index < -0.39 is 4.92 Å². The fourth-order valence-electron chi connectivity index (χ4n) is 2.57. The van der Waals surface area contributed by atoms with Gasteiger partial charge in [-0.1, -0.05) is 6.92 Å². The van der Waals surface area contributed by atoms with Gasteiger partial charge in [0.05, 0.1) is 16.2 Å². The second-order valence-corrected chi connectivity index (χ2v) is 5.19. The van der Waals surface area contributed by atoms with Crippen LogP contribution in [0.4, 0.5) is 11.4 Å². The molecule has 0 aromatic heterocycles. The number of anilines is 1. The summed E-state index contributed by atoms with van der Waals surface area (Å²) in [6.45, 7) is 4.45. The molecule has 7 heteroatoms. The van der Waals surface area contributed by atoms with Gasteiger partial charge in [0.25, 0.3) is 5.69 Å². The number of piperazine rings is 1. The summed E-state index contributed by atoms with van der Waals surface area (Å²) in [4.78, 5) is 26.0. The van der Waals surface area contributed by atoms with Crippen LogP contribution in [0.15, 0.2) is 18.2 Å². The average molecular weight is 302 g/mol. The number of benzene rings is 1. The van der Waals surface area contributed by atoms with Gasteiger partial charge in [0.1, 0.15) is 6.07 Å². The van der Waals surface area contributed by atoms with Crippen LogP contribution in [0.2, 0.25) is 0 Å². The highest BCUT2D eigenvalue weighted by molar-refractivity contribution is 5.76. The minimum Gasteiger partial charge on any atom is -0.367 e. The molecule has 0 N–H and O–H groups in total. The Morgan fingerprint density at radius 3 is 2.59 bits per heavy atom. The first kappa shape index (κ1) is 15.8. The molecule has 1 heterocycles. The zero-order valence-corrected chi connectivity index (χ0v) is 12.5. The Kier molecular flexibility index (Phi) is 4.94. The van der Waals surface area contributed by atoms with Crippen LogP contribution in [0, 0.1) is 21.4 Å². The number of nitriles is 1. The van der Waals surface area contributed by atoms with Gasteiger partial charge in [0, 0.05) is 44.7 Å². The van der Waals surface area contributed by atoms with Gasteiger partial charge in [-0.3, -0.25) is 14.9 Å². The standard InChI is InChI=1S/C15H18N4O3/c1-2-3-15(20)18-8-6-17(7-9-18)14-5-4-13(19(21)22)10-12(14)11-16/h4-5,10H,2-3,6-9H2,1H3. The maximum Gasteiger partial charge on any atom is 0.270 e. The third kappa shape index (κ3) is 3.34. The highest BCUT2D eigenvalue weighted by Gasteiger charge is 2.23. The van der Waals surface area contributed by atoms with Crippen LogP contribution < -0.4 is 4.90 Å². The molecule has 116 valence electrons. The van der Waals surface area contributed by atoms with Crippen molar-refractivity contribution >= 4 is 17.3 Å². The summed E-state index contributed by atoms with van der Waals surface area (Å²) < 4.78 is 0. The van der Waals surface area contributed by atoms with Gasteiger partial charge < -0.3 is 9.80 Å². The van der Waals surface area contributed by atoms with Crippen LogP contribution >= 0.6 is 0 Å². The number of carbonyl (C=O) groups is 1. The molecule has 0 radical (unpaired) electrons. The lowest BCUT2D eigenvalue weighted by Gasteiger charge is -2.36.